The van der Waals surface area contributed by atoms with Crippen LogP contribution in [0.2, 0.25) is 0 Å². The first-order valence-corrected chi connectivity index (χ1v) is 19.6. The van der Waals surface area contributed by atoms with Crippen molar-refractivity contribution in [2.45, 2.75) is 38.6 Å². The number of carbonyl (C=O) groups is 3. The molecule has 4 aliphatic rings. The molecular formula is C43H44FN9O4. The number of rotatable bonds is 9. The van der Waals surface area contributed by atoms with Gasteiger partial charge in [0.25, 0.3) is 0 Å². The number of piperazine rings is 1. The normalized spacial score (nSPS) is 18.7. The van der Waals surface area contributed by atoms with E-state index in [4.69, 9.17) is 9.72 Å². The molecule has 0 saturated carbocycles. The van der Waals surface area contributed by atoms with Crippen molar-refractivity contribution >= 4 is 51.6 Å². The first-order chi connectivity index (χ1) is 27.7. The van der Waals surface area contributed by atoms with E-state index >= 15 is 4.39 Å². The van der Waals surface area contributed by atoms with Crippen LogP contribution in [0.3, 0.4) is 0 Å². The monoisotopic (exact) mass is 769 g/mol. The molecule has 3 saturated heterocycles. The van der Waals surface area contributed by atoms with Crippen molar-refractivity contribution in [2.24, 2.45) is 5.92 Å². The molecule has 0 bridgehead atoms. The van der Waals surface area contributed by atoms with Gasteiger partial charge in [0, 0.05) is 98.9 Å². The summed E-state index contributed by atoms with van der Waals surface area (Å²) >= 11 is 0. The number of imide groups is 1. The maximum atomic E-state index is 15.4. The number of anilines is 4. The highest BCUT2D eigenvalue weighted by atomic mass is 19.1. The van der Waals surface area contributed by atoms with Crippen LogP contribution in [0.5, 0.6) is 5.88 Å². The van der Waals surface area contributed by atoms with Crippen molar-refractivity contribution in [1.29, 1.82) is 0 Å². The minimum atomic E-state index is -0.457. The fourth-order valence-electron chi connectivity index (χ4n) is 8.23. The summed E-state index contributed by atoms with van der Waals surface area (Å²) in [5.74, 6) is -0.109. The molecule has 0 spiro atoms. The van der Waals surface area contributed by atoms with Crippen LogP contribution in [0.4, 0.5) is 27.4 Å². The predicted molar refractivity (Wildman–Crippen MR) is 215 cm³/mol. The van der Waals surface area contributed by atoms with Gasteiger partial charge >= 0.3 is 0 Å². The number of hydrogen-bond donors (Lipinski definition) is 3. The lowest BCUT2D eigenvalue weighted by Crippen LogP contribution is -2.63. The molecule has 6 heterocycles. The van der Waals surface area contributed by atoms with Gasteiger partial charge in [-0.15, -0.1) is 0 Å². The summed E-state index contributed by atoms with van der Waals surface area (Å²) in [4.78, 5) is 57.1. The van der Waals surface area contributed by atoms with E-state index in [1.54, 1.807) is 18.3 Å². The predicted octanol–water partition coefficient (Wildman–Crippen LogP) is 4.86. The average Bonchev–Trinajstić information content (AvgIpc) is 3.20. The molecule has 3 N–H and O–H groups in total. The average molecular weight is 770 g/mol. The number of pyridine rings is 1. The lowest BCUT2D eigenvalue weighted by molar-refractivity contribution is -0.136. The highest BCUT2D eigenvalue weighted by Gasteiger charge is 2.35. The van der Waals surface area contributed by atoms with Gasteiger partial charge in [-0.2, -0.15) is 0 Å². The molecule has 57 heavy (non-hydrogen) atoms. The third kappa shape index (κ3) is 7.69. The number of amides is 3. The molecule has 1 atom stereocenters. The van der Waals surface area contributed by atoms with Gasteiger partial charge in [-0.05, 0) is 72.4 Å². The van der Waals surface area contributed by atoms with Gasteiger partial charge in [0.05, 0.1) is 11.9 Å². The van der Waals surface area contributed by atoms with E-state index < -0.39 is 5.82 Å². The Morgan fingerprint density at radius 2 is 1.81 bits per heavy atom. The standard InChI is InChI=1S/C43H44FN9O4/c1-26-35(23-46-42-40(26)45-12-17-57-42)28-4-5-31-22-47-43(49-37(31)19-28)48-32-8-6-29(36(44)21-32)20-39(55)52-15-13-51(14-16-52)34-24-53(25-34)33-9-2-27(3-10-33)18-30-7-11-38(54)50-41(30)56/h2-6,8-10,19,21-23,30,34,45H,7,11-18,20,24-25H2,1H3,(H,47,48,49)(H,50,54,56). The number of nitrogens with one attached hydrogen (secondary N) is 3. The van der Waals surface area contributed by atoms with Crippen molar-refractivity contribution < 1.29 is 23.5 Å². The first-order valence-electron chi connectivity index (χ1n) is 19.6. The molecule has 13 nitrogen and oxygen atoms in total. The summed E-state index contributed by atoms with van der Waals surface area (Å²) in [7, 11) is 0. The summed E-state index contributed by atoms with van der Waals surface area (Å²) in [6.45, 7) is 7.98. The molecular weight excluding hydrogens is 726 g/mol. The zero-order valence-corrected chi connectivity index (χ0v) is 31.8. The van der Waals surface area contributed by atoms with Crippen LogP contribution in [0.25, 0.3) is 22.0 Å². The van der Waals surface area contributed by atoms with Crippen LogP contribution in [-0.4, -0.2) is 101 Å². The van der Waals surface area contributed by atoms with Gasteiger partial charge in [0.1, 0.15) is 18.1 Å². The Hall–Kier alpha value is -6.15. The third-order valence-corrected chi connectivity index (χ3v) is 11.7. The largest absolute Gasteiger partial charge is 0.474 e. The molecule has 9 rings (SSSR count). The van der Waals surface area contributed by atoms with Gasteiger partial charge in [-0.1, -0.05) is 30.3 Å². The smallest absolute Gasteiger partial charge is 0.237 e. The van der Waals surface area contributed by atoms with E-state index in [1.165, 1.54) is 6.07 Å². The van der Waals surface area contributed by atoms with Crippen LogP contribution in [0, 0.1) is 18.7 Å². The molecule has 3 amide bonds. The molecule has 14 heteroatoms. The highest BCUT2D eigenvalue weighted by Crippen LogP contribution is 2.36. The minimum Gasteiger partial charge on any atom is -0.474 e. The van der Waals surface area contributed by atoms with E-state index in [0.717, 1.165) is 77.3 Å². The topological polar surface area (TPSA) is 145 Å². The van der Waals surface area contributed by atoms with Crippen molar-refractivity contribution in [3.05, 3.63) is 95.6 Å². The van der Waals surface area contributed by atoms with Crippen LogP contribution < -0.4 is 25.6 Å². The number of aromatic nitrogens is 3. The number of ether oxygens (including phenoxy) is 1. The maximum Gasteiger partial charge on any atom is 0.237 e. The second-order valence-electron chi connectivity index (χ2n) is 15.3. The second-order valence-corrected chi connectivity index (χ2v) is 15.3. The summed E-state index contributed by atoms with van der Waals surface area (Å²) in [6.07, 6.45) is 5.18. The lowest BCUT2D eigenvalue weighted by Gasteiger charge is -2.49. The van der Waals surface area contributed by atoms with Crippen LogP contribution >= 0.6 is 0 Å². The van der Waals surface area contributed by atoms with Crippen LogP contribution in [0.15, 0.2) is 73.1 Å². The van der Waals surface area contributed by atoms with Crippen molar-refractivity contribution in [3.63, 3.8) is 0 Å². The van der Waals surface area contributed by atoms with Crippen LogP contribution in [0.1, 0.15) is 29.5 Å². The van der Waals surface area contributed by atoms with Crippen molar-refractivity contribution in [3.8, 4) is 17.0 Å². The maximum absolute atomic E-state index is 15.4. The Bertz CT molecular complexity index is 2360. The summed E-state index contributed by atoms with van der Waals surface area (Å²) in [5.41, 5.74) is 7.72. The fraction of sp³-hybridized carbons (Fsp3) is 0.349. The lowest BCUT2D eigenvalue weighted by atomic mass is 9.91. The van der Waals surface area contributed by atoms with Crippen molar-refractivity contribution in [2.75, 3.05) is 68.0 Å². The SMILES string of the molecule is Cc1c(-c2ccc3cnc(Nc4ccc(CC(=O)N5CCN(C6CN(c7ccc(CC8CCC(=O)NC8=O)cc7)C6)CC5)c(F)c4)nc3c2)cnc2c1NCCO2. The van der Waals surface area contributed by atoms with Gasteiger partial charge in [0.15, 0.2) is 0 Å². The van der Waals surface area contributed by atoms with E-state index in [1.807, 2.05) is 36.2 Å². The molecule has 2 aromatic heterocycles. The first kappa shape index (κ1) is 36.5. The number of piperidine rings is 1. The fourth-order valence-corrected chi connectivity index (χ4v) is 8.23. The van der Waals surface area contributed by atoms with Gasteiger partial charge in [-0.3, -0.25) is 24.6 Å². The van der Waals surface area contributed by atoms with Gasteiger partial charge in [-0.25, -0.2) is 19.3 Å². The molecule has 1 unspecified atom stereocenters. The molecule has 4 aliphatic heterocycles. The molecule has 292 valence electrons. The van der Waals surface area contributed by atoms with Gasteiger partial charge < -0.3 is 25.2 Å². The molecule has 0 radical (unpaired) electrons. The Kier molecular flexibility index (Phi) is 9.87. The Labute approximate surface area is 329 Å². The van der Waals surface area contributed by atoms with Gasteiger partial charge in [0.2, 0.25) is 29.5 Å². The number of halogens is 1. The molecule has 0 aliphatic carbocycles. The molecule has 5 aromatic rings. The number of carbonyl (C=O) groups excluding carboxylic acids is 3. The van der Waals surface area contributed by atoms with Crippen molar-refractivity contribution in [1.82, 2.24) is 30.1 Å². The molecule has 3 fully saturated rings. The quantitative estimate of drug-likeness (QED) is 0.177. The highest BCUT2D eigenvalue weighted by molar-refractivity contribution is 5.98. The zero-order chi connectivity index (χ0) is 39.0. The summed E-state index contributed by atoms with van der Waals surface area (Å²) in [5, 5.41) is 9.82. The minimum absolute atomic E-state index is 0.00325. The number of nitrogens with zero attached hydrogens (tertiary/aromatic N) is 6. The van der Waals surface area contributed by atoms with E-state index in [0.29, 0.717) is 68.1 Å². The second kappa shape index (κ2) is 15.4. The Morgan fingerprint density at radius 3 is 2.60 bits per heavy atom. The number of fused-ring (bicyclic) bond motifs is 2. The Morgan fingerprint density at radius 1 is 0.982 bits per heavy atom. The third-order valence-electron chi connectivity index (χ3n) is 11.7. The summed E-state index contributed by atoms with van der Waals surface area (Å²) in [6, 6.07) is 19.5. The van der Waals surface area contributed by atoms with Crippen LogP contribution in [-0.2, 0) is 27.2 Å². The Balaban J connectivity index is 0.754. The number of hydrogen-bond acceptors (Lipinski definition) is 11. The molecule has 3 aromatic carbocycles. The van der Waals surface area contributed by atoms with E-state index in [-0.39, 0.29) is 30.1 Å². The summed E-state index contributed by atoms with van der Waals surface area (Å²) < 4.78 is 21.1. The van der Waals surface area contributed by atoms with E-state index in [9.17, 15) is 14.4 Å². The zero-order valence-electron chi connectivity index (χ0n) is 31.8. The van der Waals surface area contributed by atoms with E-state index in [2.05, 4.69) is 60.0 Å². The number of benzene rings is 3.